The predicted octanol–water partition coefficient (Wildman–Crippen LogP) is 5.35. The number of ether oxygens (including phenoxy) is 2. The highest BCUT2D eigenvalue weighted by atomic mass is 79.9. The molecule has 41 heavy (non-hydrogen) atoms. The summed E-state index contributed by atoms with van der Waals surface area (Å²) in [5.41, 5.74) is 4.00. The topological polar surface area (TPSA) is 90.0 Å². The summed E-state index contributed by atoms with van der Waals surface area (Å²) in [7, 11) is 1.53. The number of amides is 2. The highest BCUT2D eigenvalue weighted by Gasteiger charge is 2.73. The lowest BCUT2D eigenvalue weighted by atomic mass is 9.54. The van der Waals surface area contributed by atoms with Gasteiger partial charge in [0.25, 0.3) is 0 Å². The Morgan fingerprint density at radius 2 is 1.24 bits per heavy atom. The first-order chi connectivity index (χ1) is 19.6. The van der Waals surface area contributed by atoms with Crippen LogP contribution in [0.15, 0.2) is 72.8 Å². The summed E-state index contributed by atoms with van der Waals surface area (Å²) in [5, 5.41) is 0. The van der Waals surface area contributed by atoms with Gasteiger partial charge in [-0.15, -0.1) is 0 Å². The number of methoxy groups -OCH3 is 1. The van der Waals surface area contributed by atoms with E-state index in [1.54, 1.807) is 38.1 Å². The summed E-state index contributed by atoms with van der Waals surface area (Å²) in [5.74, 6) is -3.53. The van der Waals surface area contributed by atoms with Gasteiger partial charge < -0.3 is 9.47 Å². The van der Waals surface area contributed by atoms with Crippen molar-refractivity contribution in [2.24, 2.45) is 17.8 Å². The van der Waals surface area contributed by atoms with Crippen LogP contribution in [0.3, 0.4) is 0 Å². The lowest BCUT2D eigenvalue weighted by molar-refractivity contribution is -0.160. The molecule has 3 atom stereocenters. The van der Waals surface area contributed by atoms with Crippen LogP contribution in [0.5, 0.6) is 5.75 Å². The molecule has 210 valence electrons. The molecule has 3 aromatic rings. The maximum absolute atomic E-state index is 14.3. The Morgan fingerprint density at radius 3 is 1.63 bits per heavy atom. The molecule has 1 heterocycles. The fourth-order valence-electron chi connectivity index (χ4n) is 6.72. The van der Waals surface area contributed by atoms with E-state index >= 15 is 0 Å². The van der Waals surface area contributed by atoms with Gasteiger partial charge in [-0.2, -0.15) is 0 Å². The maximum Gasteiger partial charge on any atom is 0.330 e. The summed E-state index contributed by atoms with van der Waals surface area (Å²) < 4.78 is 8.66. The SMILES string of the molecule is COc1ccc(C(=O)COC(=O)[C@H](C(C)C)N2C(=O)[C@H]3[C@H](C2=O)C2(Br)c4ccccc4C3(Br)c3ccccc32)cc1. The third-order valence-corrected chi connectivity index (χ3v) is 11.2. The second-order valence-corrected chi connectivity index (χ2v) is 13.5. The van der Waals surface area contributed by atoms with Crippen LogP contribution in [0, 0.1) is 17.8 Å². The van der Waals surface area contributed by atoms with Crippen LogP contribution in [0.2, 0.25) is 0 Å². The summed E-state index contributed by atoms with van der Waals surface area (Å²) in [6.45, 7) is 3.00. The second kappa shape index (κ2) is 9.91. The first-order valence-corrected chi connectivity index (χ1v) is 14.9. The van der Waals surface area contributed by atoms with Gasteiger partial charge in [-0.1, -0.05) is 94.2 Å². The van der Waals surface area contributed by atoms with Gasteiger partial charge in [0.1, 0.15) is 11.8 Å². The van der Waals surface area contributed by atoms with Crippen LogP contribution >= 0.6 is 31.9 Å². The van der Waals surface area contributed by atoms with Gasteiger partial charge in [0.05, 0.1) is 27.6 Å². The van der Waals surface area contributed by atoms with E-state index in [1.807, 2.05) is 48.5 Å². The number of nitrogens with zero attached hydrogens (tertiary/aromatic N) is 1. The molecule has 3 aromatic carbocycles. The van der Waals surface area contributed by atoms with Crippen LogP contribution < -0.4 is 4.74 Å². The molecule has 0 saturated carbocycles. The third-order valence-electron chi connectivity index (χ3n) is 8.53. The molecule has 0 spiro atoms. The van der Waals surface area contributed by atoms with Crippen molar-refractivity contribution in [2.75, 3.05) is 13.7 Å². The Balaban J connectivity index is 1.35. The molecule has 2 bridgehead atoms. The van der Waals surface area contributed by atoms with Crippen LogP contribution in [-0.2, 0) is 27.8 Å². The number of carbonyl (C=O) groups excluding carboxylic acids is 4. The zero-order valence-electron chi connectivity index (χ0n) is 22.6. The lowest BCUT2D eigenvalue weighted by Crippen LogP contribution is -2.56. The molecule has 1 aliphatic heterocycles. The molecule has 0 radical (unpaired) electrons. The van der Waals surface area contributed by atoms with Gasteiger partial charge in [-0.25, -0.2) is 4.79 Å². The van der Waals surface area contributed by atoms with E-state index in [0.29, 0.717) is 11.3 Å². The largest absolute Gasteiger partial charge is 0.497 e. The summed E-state index contributed by atoms with van der Waals surface area (Å²) in [6, 6.07) is 20.9. The van der Waals surface area contributed by atoms with Crippen LogP contribution in [0.1, 0.15) is 46.5 Å². The zero-order chi connectivity index (χ0) is 29.3. The molecule has 0 aromatic heterocycles. The molecule has 9 heteroatoms. The Hall–Kier alpha value is -3.30. The minimum absolute atomic E-state index is 0.355. The number of esters is 1. The van der Waals surface area contributed by atoms with Crippen molar-refractivity contribution >= 4 is 55.4 Å². The number of likely N-dealkylation sites (tertiary alicyclic amines) is 1. The average Bonchev–Trinajstić information content (AvgIpc) is 3.25. The van der Waals surface area contributed by atoms with Crippen molar-refractivity contribution in [3.8, 4) is 5.75 Å². The lowest BCUT2D eigenvalue weighted by Gasteiger charge is -2.55. The Labute approximate surface area is 254 Å². The average molecular weight is 681 g/mol. The number of hydrogen-bond donors (Lipinski definition) is 0. The molecule has 3 aliphatic carbocycles. The van der Waals surface area contributed by atoms with E-state index < -0.39 is 62.6 Å². The second-order valence-electron chi connectivity index (χ2n) is 11.0. The molecule has 1 saturated heterocycles. The smallest absolute Gasteiger partial charge is 0.330 e. The summed E-state index contributed by atoms with van der Waals surface area (Å²) in [4.78, 5) is 56.0. The normalized spacial score (nSPS) is 26.3. The number of alkyl halides is 2. The molecule has 0 unspecified atom stereocenters. The van der Waals surface area contributed by atoms with Gasteiger partial charge in [0.15, 0.2) is 12.4 Å². The van der Waals surface area contributed by atoms with Gasteiger partial charge in [0.2, 0.25) is 11.8 Å². The first kappa shape index (κ1) is 27.8. The highest BCUT2D eigenvalue weighted by Crippen LogP contribution is 2.70. The predicted molar refractivity (Wildman–Crippen MR) is 158 cm³/mol. The van der Waals surface area contributed by atoms with Crippen molar-refractivity contribution in [3.63, 3.8) is 0 Å². The van der Waals surface area contributed by atoms with Crippen molar-refractivity contribution < 1.29 is 28.7 Å². The summed E-state index contributed by atoms with van der Waals surface area (Å²) in [6.07, 6.45) is 0. The Bertz CT molecular complexity index is 1480. The fraction of sp³-hybridized carbons (Fsp3) is 0.312. The van der Waals surface area contributed by atoms with E-state index in [-0.39, 0.29) is 0 Å². The van der Waals surface area contributed by atoms with E-state index in [4.69, 9.17) is 9.47 Å². The quantitative estimate of drug-likeness (QED) is 0.145. The number of halogens is 2. The van der Waals surface area contributed by atoms with Gasteiger partial charge in [0, 0.05) is 5.56 Å². The standard InChI is InChI=1S/C32H27Br2NO6/c1-17(2)27(30(39)41-16-24(36)18-12-14-19(40-3)15-13-18)35-28(37)25-26(29(35)38)32(34)21-9-5-4-8-20(21)31(25,33)22-10-6-7-11-23(22)32/h4-15,17,25-27H,16H2,1-3H3/t25-,26-,27+,31?,32?/m1/s1. The van der Waals surface area contributed by atoms with Crippen molar-refractivity contribution in [1.82, 2.24) is 4.90 Å². The number of benzene rings is 3. The number of Topliss-reactive ketones (excluding diaryl/α,β-unsaturated/α-hetero) is 1. The zero-order valence-corrected chi connectivity index (χ0v) is 25.8. The van der Waals surface area contributed by atoms with E-state index in [9.17, 15) is 19.2 Å². The Kier molecular flexibility index (Phi) is 6.73. The summed E-state index contributed by atoms with van der Waals surface area (Å²) >= 11 is 7.95. The monoisotopic (exact) mass is 679 g/mol. The number of carbonyl (C=O) groups is 4. The van der Waals surface area contributed by atoms with Gasteiger partial charge in [-0.3, -0.25) is 19.3 Å². The van der Waals surface area contributed by atoms with Crippen molar-refractivity contribution in [1.29, 1.82) is 0 Å². The number of rotatable bonds is 7. The minimum Gasteiger partial charge on any atom is -0.497 e. The highest BCUT2D eigenvalue weighted by molar-refractivity contribution is 9.10. The maximum atomic E-state index is 14.3. The van der Waals surface area contributed by atoms with Crippen molar-refractivity contribution in [2.45, 2.75) is 28.5 Å². The first-order valence-electron chi connectivity index (χ1n) is 13.3. The molecule has 7 rings (SSSR count). The minimum atomic E-state index is -1.19. The van der Waals surface area contributed by atoms with Crippen LogP contribution in [0.4, 0.5) is 0 Å². The number of ketones is 1. The van der Waals surface area contributed by atoms with Crippen molar-refractivity contribution in [3.05, 3.63) is 101 Å². The van der Waals surface area contributed by atoms with Gasteiger partial charge >= 0.3 is 5.97 Å². The number of imide groups is 1. The van der Waals surface area contributed by atoms with E-state index in [0.717, 1.165) is 27.2 Å². The Morgan fingerprint density at radius 1 is 0.805 bits per heavy atom. The number of hydrogen-bond acceptors (Lipinski definition) is 6. The van der Waals surface area contributed by atoms with E-state index in [1.165, 1.54) is 7.11 Å². The van der Waals surface area contributed by atoms with E-state index in [2.05, 4.69) is 31.9 Å². The molecular weight excluding hydrogens is 654 g/mol. The molecule has 2 amide bonds. The molecule has 1 fully saturated rings. The van der Waals surface area contributed by atoms with Gasteiger partial charge in [-0.05, 0) is 52.4 Å². The van der Waals surface area contributed by atoms with Crippen LogP contribution in [0.25, 0.3) is 0 Å². The fourth-order valence-corrected chi connectivity index (χ4v) is 9.02. The van der Waals surface area contributed by atoms with Crippen LogP contribution in [-0.4, -0.2) is 48.2 Å². The molecule has 0 N–H and O–H groups in total. The molecule has 4 aliphatic rings. The third kappa shape index (κ3) is 3.81. The molecular formula is C32H27Br2NO6. The molecule has 7 nitrogen and oxygen atoms in total.